The number of fused-ring (bicyclic) bond motifs is 20. The van der Waals surface area contributed by atoms with Gasteiger partial charge in [-0.2, -0.15) is 0 Å². The van der Waals surface area contributed by atoms with Crippen LogP contribution in [0.2, 0.25) is 93.3 Å². The van der Waals surface area contributed by atoms with E-state index in [1.165, 1.54) is 6.57 Å². The Hall–Kier alpha value is 1.53. The Morgan fingerprint density at radius 2 is 0.652 bits per heavy atom. The van der Waals surface area contributed by atoms with Gasteiger partial charge in [0.1, 0.15) is 0 Å². The monoisotopic (exact) mass is 428 g/mol. The van der Waals surface area contributed by atoms with Crippen LogP contribution in [0, 0.1) is 0 Å². The Morgan fingerprint density at radius 1 is 0.391 bits per heavy atom. The molecule has 20 saturated heterocycles. The van der Waals surface area contributed by atoms with Gasteiger partial charge in [0, 0.05) is 0 Å². The van der Waals surface area contributed by atoms with Crippen molar-refractivity contribution in [2.45, 2.75) is 93.3 Å². The summed E-state index contributed by atoms with van der Waals surface area (Å²) in [5.74, 6) is 0. The van der Waals surface area contributed by atoms with Crippen molar-refractivity contribution < 1.29 is 27.5 Å². The molecule has 23 heavy (non-hydrogen) atoms. The summed E-state index contributed by atoms with van der Waals surface area (Å²) in [7, 11) is 0. The van der Waals surface area contributed by atoms with Gasteiger partial charge in [-0.1, -0.05) is 0 Å². The van der Waals surface area contributed by atoms with Crippen LogP contribution in [0.1, 0.15) is 0 Å². The molecule has 0 radical (unpaired) electrons. The molecule has 124 valence electrons. The Labute approximate surface area is 120 Å². The predicted octanol–water partition coefficient (Wildman–Crippen LogP) is 6.50. The Bertz CT molecular complexity index is 1680. The SMILES string of the molecule is [Ni]([C]12[CH]3[CH]4[CH]5[CH]1[Fe]45321678[CH]2[CH]1[CH]6[CH]7[CH]28)[C]12[CH]3[CH]4[CH]5[CH]1[Fe]45321678[CH]2[CH]1[CH]6[CH]7[CH]28. The molecule has 20 aliphatic heterocycles. The second-order valence-corrected chi connectivity index (χ2v) is 68.9. The Kier molecular flexibility index (Phi) is 0.148. The van der Waals surface area contributed by atoms with E-state index in [9.17, 15) is 0 Å². The quantitative estimate of drug-likeness (QED) is 0.440. The van der Waals surface area contributed by atoms with Crippen LogP contribution in [0.15, 0.2) is 0 Å². The van der Waals surface area contributed by atoms with Crippen LogP contribution in [-0.2, 0) is 27.5 Å². The fourth-order valence-corrected chi connectivity index (χ4v) is 199. The van der Waals surface area contributed by atoms with Crippen molar-refractivity contribution in [2.24, 2.45) is 0 Å². The van der Waals surface area contributed by atoms with Gasteiger partial charge in [-0.15, -0.1) is 0 Å². The standard InChI is InChI=1S/2C5H5.2C5H4.2Fe.Ni/c4*1-2-4-5-3-1;;;/h2*1-5H;2*1-4H;;;. The molecule has 0 bridgehead atoms. The van der Waals surface area contributed by atoms with Crippen LogP contribution >= 0.6 is 0 Å². The maximum atomic E-state index is 2.87. The molecule has 0 saturated carbocycles. The van der Waals surface area contributed by atoms with Crippen molar-refractivity contribution in [3.8, 4) is 0 Å². The van der Waals surface area contributed by atoms with Gasteiger partial charge in [-0.3, -0.25) is 0 Å². The van der Waals surface area contributed by atoms with E-state index in [2.05, 4.69) is 14.4 Å². The summed E-state index contributed by atoms with van der Waals surface area (Å²) in [6.45, 7) is -5.53. The van der Waals surface area contributed by atoms with E-state index in [0.29, 0.717) is 0 Å². The van der Waals surface area contributed by atoms with Crippen molar-refractivity contribution in [3.63, 3.8) is 0 Å². The van der Waals surface area contributed by atoms with E-state index in [-0.39, 0.29) is 0 Å². The van der Waals surface area contributed by atoms with Crippen LogP contribution in [0.5, 0.6) is 0 Å². The van der Waals surface area contributed by atoms with Crippen LogP contribution in [0.25, 0.3) is 0 Å². The van der Waals surface area contributed by atoms with Crippen molar-refractivity contribution in [1.82, 2.24) is 0 Å². The van der Waals surface area contributed by atoms with Gasteiger partial charge >= 0.3 is 121 Å². The summed E-state index contributed by atoms with van der Waals surface area (Å²) in [5.41, 5.74) is 0. The predicted molar refractivity (Wildman–Crippen MR) is 72.9 cm³/mol. The minimum atomic E-state index is -2.77. The summed E-state index contributed by atoms with van der Waals surface area (Å²) in [6, 6.07) is 0. The second-order valence-electron chi connectivity index (χ2n) is 19.2. The van der Waals surface area contributed by atoms with Gasteiger partial charge in [-0.25, -0.2) is 0 Å². The molecule has 0 aromatic rings. The second kappa shape index (κ2) is 0.475. The van der Waals surface area contributed by atoms with Crippen molar-refractivity contribution in [3.05, 3.63) is 0 Å². The van der Waals surface area contributed by atoms with Gasteiger partial charge in [0.2, 0.25) is 0 Å². The molecule has 2 spiro atoms. The topological polar surface area (TPSA) is 0 Å². The normalized spacial score (nSPS) is 171. The molecule has 0 N–H and O–H groups in total. The molecular weight excluding hydrogens is 411 g/mol. The van der Waals surface area contributed by atoms with Crippen molar-refractivity contribution in [2.75, 3.05) is 0 Å². The molecule has 8 atom stereocenters. The van der Waals surface area contributed by atoms with Crippen LogP contribution in [-0.4, -0.2) is 0 Å². The number of hydrogen-bond acceptors (Lipinski definition) is 0. The van der Waals surface area contributed by atoms with Gasteiger partial charge in [0.05, 0.1) is 0 Å². The van der Waals surface area contributed by atoms with E-state index in [1.54, 1.807) is 86.7 Å². The third kappa shape index (κ3) is 0.0581. The maximum absolute atomic E-state index is 2.87. The zero-order valence-electron chi connectivity index (χ0n) is 12.4. The van der Waals surface area contributed by atoms with Gasteiger partial charge in [0.15, 0.2) is 0 Å². The first-order valence-electron chi connectivity index (χ1n) is 10.8. The number of rotatable bonds is 2. The molecule has 0 aromatic carbocycles. The van der Waals surface area contributed by atoms with Gasteiger partial charge in [-0.05, 0) is 0 Å². The average Bonchev–Trinajstić information content (AvgIpc) is 3.44. The molecule has 3 heteroatoms. The molecule has 20 aliphatic rings. The summed E-state index contributed by atoms with van der Waals surface area (Å²) >= 11 is 2.87. The van der Waals surface area contributed by atoms with E-state index < -0.39 is 13.0 Å². The van der Waals surface area contributed by atoms with E-state index in [1.807, 2.05) is 0 Å². The summed E-state index contributed by atoms with van der Waals surface area (Å²) in [6.07, 6.45) is 0. The van der Waals surface area contributed by atoms with E-state index in [4.69, 9.17) is 0 Å². The fourth-order valence-electron chi connectivity index (χ4n) is 32.1. The summed E-state index contributed by atoms with van der Waals surface area (Å²) < 4.78 is 2.56. The van der Waals surface area contributed by atoms with Crippen molar-refractivity contribution in [1.29, 1.82) is 0 Å². The first-order valence-corrected chi connectivity index (χ1v) is 24.4. The third-order valence-corrected chi connectivity index (χ3v) is 123. The van der Waals surface area contributed by atoms with Gasteiger partial charge in [0.25, 0.3) is 0 Å². The average molecular weight is 429 g/mol. The van der Waals surface area contributed by atoms with E-state index in [0.717, 1.165) is 0 Å². The first-order chi connectivity index (χ1) is 10.8. The molecule has 0 aromatic heterocycles. The van der Waals surface area contributed by atoms with Crippen LogP contribution in [0.3, 0.4) is 0 Å². The van der Waals surface area contributed by atoms with Gasteiger partial charge < -0.3 is 0 Å². The molecule has 20 rings (SSSR count). The number of hydrogen-bond donors (Lipinski definition) is 0. The fraction of sp³-hybridized carbons (Fsp3) is 1.00. The Morgan fingerprint density at radius 3 is 0.783 bits per heavy atom. The summed E-state index contributed by atoms with van der Waals surface area (Å²) in [4.78, 5) is 28.9. The third-order valence-electron chi connectivity index (χ3n) is 29.1. The molecular formula is C20H18Fe2Ni. The summed E-state index contributed by atoms with van der Waals surface area (Å²) in [5, 5.41) is 0. The zero-order valence-corrected chi connectivity index (χ0v) is 15.6. The van der Waals surface area contributed by atoms with E-state index >= 15 is 0 Å². The molecule has 20 fully saturated rings. The molecule has 0 amide bonds. The molecule has 20 heterocycles. The van der Waals surface area contributed by atoms with Crippen molar-refractivity contribution >= 4 is 0 Å². The first kappa shape index (κ1) is 7.17. The molecule has 0 nitrogen and oxygen atoms in total. The zero-order chi connectivity index (χ0) is 12.7. The van der Waals surface area contributed by atoms with Crippen LogP contribution in [0.4, 0.5) is 0 Å². The molecule has 0 aliphatic carbocycles. The minimum absolute atomic E-state index is 1.28. The van der Waals surface area contributed by atoms with Crippen LogP contribution < -0.4 is 0 Å². The Balaban J connectivity index is 1.19. The molecule has 8 unspecified atom stereocenters.